The van der Waals surface area contributed by atoms with E-state index in [1.807, 2.05) is 18.5 Å². The molecular formula is C17H20ClN3O2. The van der Waals surface area contributed by atoms with Crippen LogP contribution in [0.2, 0.25) is 5.02 Å². The molecule has 0 atom stereocenters. The normalized spacial score (nSPS) is 10.4. The minimum absolute atomic E-state index is 0.188. The van der Waals surface area contributed by atoms with Crippen molar-refractivity contribution in [2.75, 3.05) is 12.4 Å². The molecule has 2 aromatic rings. The summed E-state index contributed by atoms with van der Waals surface area (Å²) in [5.41, 5.74) is 1.97. The summed E-state index contributed by atoms with van der Waals surface area (Å²) in [6.45, 7) is 4.86. The van der Waals surface area contributed by atoms with Gasteiger partial charge in [0.2, 0.25) is 5.91 Å². The average Bonchev–Trinajstić information content (AvgIpc) is 2.95. The van der Waals surface area contributed by atoms with E-state index >= 15 is 0 Å². The summed E-state index contributed by atoms with van der Waals surface area (Å²) < 4.78 is 2.05. The van der Waals surface area contributed by atoms with E-state index in [4.69, 9.17) is 11.6 Å². The number of nitrogens with one attached hydrogen (secondary N) is 1. The SMILES string of the molecule is CCn1ccc(CN(C)C(=O)c2cc(NC(C)=O)ccc2Cl)c1. The molecule has 1 heterocycles. The highest BCUT2D eigenvalue weighted by molar-refractivity contribution is 6.34. The van der Waals surface area contributed by atoms with Gasteiger partial charge in [-0.25, -0.2) is 0 Å². The van der Waals surface area contributed by atoms with Crippen LogP contribution in [0.15, 0.2) is 36.7 Å². The number of hydrogen-bond acceptors (Lipinski definition) is 2. The molecule has 0 bridgehead atoms. The first kappa shape index (κ1) is 17.1. The van der Waals surface area contributed by atoms with Crippen LogP contribution in [-0.2, 0) is 17.9 Å². The molecule has 5 nitrogen and oxygen atoms in total. The molecule has 23 heavy (non-hydrogen) atoms. The standard InChI is InChI=1S/C17H20ClN3O2/c1-4-21-8-7-13(11-21)10-20(3)17(23)15-9-14(19-12(2)22)5-6-16(15)18/h5-9,11H,4,10H2,1-3H3,(H,19,22). The van der Waals surface area contributed by atoms with E-state index < -0.39 is 0 Å². The largest absolute Gasteiger partial charge is 0.354 e. The van der Waals surface area contributed by atoms with Crippen molar-refractivity contribution in [3.05, 3.63) is 52.8 Å². The number of nitrogens with zero attached hydrogens (tertiary/aromatic N) is 2. The van der Waals surface area contributed by atoms with Gasteiger partial charge in [-0.2, -0.15) is 0 Å². The zero-order valence-corrected chi connectivity index (χ0v) is 14.2. The predicted octanol–water partition coefficient (Wildman–Crippen LogP) is 3.39. The third kappa shape index (κ3) is 4.36. The fourth-order valence-electron chi connectivity index (χ4n) is 2.30. The number of halogens is 1. The summed E-state index contributed by atoms with van der Waals surface area (Å²) in [4.78, 5) is 25.4. The third-order valence-corrected chi connectivity index (χ3v) is 3.79. The van der Waals surface area contributed by atoms with Gasteiger partial charge in [0.25, 0.3) is 5.91 Å². The predicted molar refractivity (Wildman–Crippen MR) is 91.7 cm³/mol. The highest BCUT2D eigenvalue weighted by atomic mass is 35.5. The first-order valence-electron chi connectivity index (χ1n) is 7.38. The Labute approximate surface area is 140 Å². The molecule has 1 aromatic carbocycles. The van der Waals surface area contributed by atoms with Crippen LogP contribution in [0.3, 0.4) is 0 Å². The Bertz CT molecular complexity index is 724. The number of aromatic nitrogens is 1. The highest BCUT2D eigenvalue weighted by Gasteiger charge is 2.16. The molecule has 1 N–H and O–H groups in total. The second-order valence-electron chi connectivity index (χ2n) is 5.39. The Balaban J connectivity index is 2.16. The number of aryl methyl sites for hydroxylation is 1. The highest BCUT2D eigenvalue weighted by Crippen LogP contribution is 2.22. The van der Waals surface area contributed by atoms with Crippen molar-refractivity contribution >= 4 is 29.1 Å². The monoisotopic (exact) mass is 333 g/mol. The average molecular weight is 334 g/mol. The molecule has 0 saturated heterocycles. The number of rotatable bonds is 5. The second kappa shape index (κ2) is 7.33. The van der Waals surface area contributed by atoms with Crippen molar-refractivity contribution in [3.63, 3.8) is 0 Å². The molecule has 1 aromatic heterocycles. The van der Waals surface area contributed by atoms with Gasteiger partial charge in [-0.3, -0.25) is 9.59 Å². The van der Waals surface area contributed by atoms with E-state index in [0.717, 1.165) is 12.1 Å². The number of carbonyl (C=O) groups is 2. The van der Waals surface area contributed by atoms with E-state index in [9.17, 15) is 9.59 Å². The Hall–Kier alpha value is -2.27. The van der Waals surface area contributed by atoms with Gasteiger partial charge in [-0.15, -0.1) is 0 Å². The van der Waals surface area contributed by atoms with E-state index in [1.54, 1.807) is 30.1 Å². The van der Waals surface area contributed by atoms with Gasteiger partial charge in [0.05, 0.1) is 10.6 Å². The summed E-state index contributed by atoms with van der Waals surface area (Å²) in [5, 5.41) is 3.02. The van der Waals surface area contributed by atoms with Gasteiger partial charge in [0.1, 0.15) is 0 Å². The summed E-state index contributed by atoms with van der Waals surface area (Å²) in [7, 11) is 1.73. The van der Waals surface area contributed by atoms with Gasteiger partial charge in [-0.05, 0) is 36.8 Å². The molecule has 0 spiro atoms. The molecule has 6 heteroatoms. The van der Waals surface area contributed by atoms with Crippen molar-refractivity contribution in [2.24, 2.45) is 0 Å². The molecule has 0 aliphatic heterocycles. The Morgan fingerprint density at radius 1 is 1.30 bits per heavy atom. The molecule has 0 aliphatic carbocycles. The smallest absolute Gasteiger partial charge is 0.255 e. The second-order valence-corrected chi connectivity index (χ2v) is 5.79. The summed E-state index contributed by atoms with van der Waals surface area (Å²) in [6, 6.07) is 6.87. The molecule has 0 saturated carbocycles. The van der Waals surface area contributed by atoms with Crippen molar-refractivity contribution < 1.29 is 9.59 Å². The fraction of sp³-hybridized carbons (Fsp3) is 0.294. The lowest BCUT2D eigenvalue weighted by Crippen LogP contribution is -2.26. The zero-order chi connectivity index (χ0) is 17.0. The van der Waals surface area contributed by atoms with Crippen LogP contribution in [0.5, 0.6) is 0 Å². The number of anilines is 1. The quantitative estimate of drug-likeness (QED) is 0.911. The Morgan fingerprint density at radius 3 is 2.65 bits per heavy atom. The molecule has 0 unspecified atom stereocenters. The molecular weight excluding hydrogens is 314 g/mol. The lowest BCUT2D eigenvalue weighted by molar-refractivity contribution is -0.114. The minimum atomic E-state index is -0.194. The molecule has 0 radical (unpaired) electrons. The number of carbonyl (C=O) groups excluding carboxylic acids is 2. The topological polar surface area (TPSA) is 54.3 Å². The number of amides is 2. The van der Waals surface area contributed by atoms with Crippen LogP contribution in [0.25, 0.3) is 0 Å². The summed E-state index contributed by atoms with van der Waals surface area (Å²) in [6.07, 6.45) is 4.00. The lowest BCUT2D eigenvalue weighted by Gasteiger charge is -2.18. The van der Waals surface area contributed by atoms with Gasteiger partial charge in [0.15, 0.2) is 0 Å². The van der Waals surface area contributed by atoms with Crippen molar-refractivity contribution in [1.29, 1.82) is 0 Å². The Morgan fingerprint density at radius 2 is 2.04 bits per heavy atom. The van der Waals surface area contributed by atoms with Crippen LogP contribution in [0, 0.1) is 0 Å². The van der Waals surface area contributed by atoms with E-state index in [1.165, 1.54) is 6.92 Å². The molecule has 122 valence electrons. The molecule has 2 amide bonds. The maximum absolute atomic E-state index is 12.6. The van der Waals surface area contributed by atoms with Crippen LogP contribution < -0.4 is 5.32 Å². The van der Waals surface area contributed by atoms with Crippen LogP contribution in [0.4, 0.5) is 5.69 Å². The molecule has 0 fully saturated rings. The van der Waals surface area contributed by atoms with E-state index in [-0.39, 0.29) is 11.8 Å². The van der Waals surface area contributed by atoms with E-state index in [2.05, 4.69) is 16.8 Å². The van der Waals surface area contributed by atoms with Gasteiger partial charge >= 0.3 is 0 Å². The van der Waals surface area contributed by atoms with E-state index in [0.29, 0.717) is 22.8 Å². The molecule has 2 rings (SSSR count). The first-order chi connectivity index (χ1) is 10.9. The molecule has 0 aliphatic rings. The maximum atomic E-state index is 12.6. The summed E-state index contributed by atoms with van der Waals surface area (Å²) in [5.74, 6) is -0.383. The minimum Gasteiger partial charge on any atom is -0.354 e. The van der Waals surface area contributed by atoms with Crippen molar-refractivity contribution in [3.8, 4) is 0 Å². The fourth-order valence-corrected chi connectivity index (χ4v) is 2.50. The van der Waals surface area contributed by atoms with Crippen LogP contribution in [0.1, 0.15) is 29.8 Å². The number of benzene rings is 1. The van der Waals surface area contributed by atoms with Crippen LogP contribution in [-0.4, -0.2) is 28.3 Å². The third-order valence-electron chi connectivity index (χ3n) is 3.46. The number of hydrogen-bond donors (Lipinski definition) is 1. The van der Waals surface area contributed by atoms with Crippen molar-refractivity contribution in [2.45, 2.75) is 26.9 Å². The Kier molecular flexibility index (Phi) is 5.45. The summed E-state index contributed by atoms with van der Waals surface area (Å²) >= 11 is 6.14. The van der Waals surface area contributed by atoms with Crippen LogP contribution >= 0.6 is 11.6 Å². The first-order valence-corrected chi connectivity index (χ1v) is 7.75. The maximum Gasteiger partial charge on any atom is 0.255 e. The van der Waals surface area contributed by atoms with Gasteiger partial charge in [-0.1, -0.05) is 11.6 Å². The zero-order valence-electron chi connectivity index (χ0n) is 13.5. The van der Waals surface area contributed by atoms with Gasteiger partial charge in [0, 0.05) is 45.1 Å². The lowest BCUT2D eigenvalue weighted by atomic mass is 10.1. The van der Waals surface area contributed by atoms with Crippen molar-refractivity contribution in [1.82, 2.24) is 9.47 Å². The van der Waals surface area contributed by atoms with Gasteiger partial charge < -0.3 is 14.8 Å².